The van der Waals surface area contributed by atoms with E-state index in [0.717, 1.165) is 85.9 Å². The Labute approximate surface area is 451 Å². The zero-order valence-electron chi connectivity index (χ0n) is 44.0. The number of amides is 4. The number of thiazole rings is 2. The lowest BCUT2D eigenvalue weighted by atomic mass is 9.93. The summed E-state index contributed by atoms with van der Waals surface area (Å²) in [4.78, 5) is 55.2. The molecule has 0 aliphatic carbocycles. The van der Waals surface area contributed by atoms with Crippen LogP contribution in [0.25, 0.3) is 53.1 Å². The molecule has 2 aromatic carbocycles. The van der Waals surface area contributed by atoms with Gasteiger partial charge in [0.15, 0.2) is 27.3 Å². The molecule has 0 radical (unpaired) electrons. The fraction of sp³-hybridized carbons (Fsp3) is 0.333. The number of ether oxygens (including phenoxy) is 2. The molecule has 398 valence electrons. The minimum atomic E-state index is -0.492. The van der Waals surface area contributed by atoms with Crippen molar-refractivity contribution in [2.45, 2.75) is 58.5 Å². The Bertz CT molecular complexity index is 3740. The number of nitrogens with zero attached hydrogens (tertiary/aromatic N) is 11. The number of pyridine rings is 2. The molecule has 1 fully saturated rings. The molecule has 1 saturated heterocycles. The summed E-state index contributed by atoms with van der Waals surface area (Å²) >= 11 is 3.01. The van der Waals surface area contributed by atoms with Gasteiger partial charge >= 0.3 is 12.1 Å². The molecule has 4 N–H and O–H groups in total. The molecule has 10 aromatic rings. The topological polar surface area (TPSA) is 223 Å². The van der Waals surface area contributed by atoms with Gasteiger partial charge in [-0.25, -0.2) is 29.5 Å². The summed E-state index contributed by atoms with van der Waals surface area (Å²) in [6.07, 6.45) is 3.99. The van der Waals surface area contributed by atoms with E-state index in [0.29, 0.717) is 59.5 Å². The van der Waals surface area contributed by atoms with Crippen LogP contribution in [0.2, 0.25) is 0 Å². The van der Waals surface area contributed by atoms with Gasteiger partial charge in [0.05, 0.1) is 28.0 Å². The van der Waals surface area contributed by atoms with Gasteiger partial charge in [0.25, 0.3) is 0 Å². The summed E-state index contributed by atoms with van der Waals surface area (Å²) in [6.45, 7) is 17.6. The molecule has 77 heavy (non-hydrogen) atoms. The largest absolute Gasteiger partial charge is 0.476 e. The van der Waals surface area contributed by atoms with Gasteiger partial charge in [-0.2, -0.15) is 0 Å². The second kappa shape index (κ2) is 20.9. The van der Waals surface area contributed by atoms with E-state index in [1.165, 1.54) is 22.7 Å². The molecule has 0 spiro atoms. The number of aromatic nitrogens is 8. The van der Waals surface area contributed by atoms with Crippen LogP contribution in [0, 0.1) is 0 Å². The number of likely N-dealkylation sites (N-methyl/N-ethyl adjacent to an activating group) is 1. The van der Waals surface area contributed by atoms with Crippen molar-refractivity contribution >= 4 is 88.4 Å². The first-order valence-corrected chi connectivity index (χ1v) is 26.9. The predicted molar refractivity (Wildman–Crippen MR) is 300 cm³/mol. The number of hydrogen-bond donors (Lipinski definition) is 4. The lowest BCUT2D eigenvalue weighted by Crippen LogP contribution is -2.58. The van der Waals surface area contributed by atoms with Crippen molar-refractivity contribution in [3.8, 4) is 34.3 Å². The van der Waals surface area contributed by atoms with Gasteiger partial charge in [-0.1, -0.05) is 78.0 Å². The molecule has 1 atom stereocenters. The first-order chi connectivity index (χ1) is 37.0. The number of hydrogen-bond acceptors (Lipinski definition) is 17. The van der Waals surface area contributed by atoms with E-state index in [-0.39, 0.29) is 11.5 Å². The van der Waals surface area contributed by atoms with Crippen molar-refractivity contribution in [3.05, 3.63) is 109 Å². The molecule has 4 amide bonds. The van der Waals surface area contributed by atoms with Crippen LogP contribution in [0.1, 0.15) is 53.1 Å². The summed E-state index contributed by atoms with van der Waals surface area (Å²) in [5, 5.41) is 19.4. The van der Waals surface area contributed by atoms with E-state index >= 15 is 0 Å². The summed E-state index contributed by atoms with van der Waals surface area (Å²) in [6, 6.07) is 25.7. The van der Waals surface area contributed by atoms with Gasteiger partial charge in [0.2, 0.25) is 11.8 Å². The molecule has 0 saturated carbocycles. The maximum Gasteiger partial charge on any atom is 0.324 e. The van der Waals surface area contributed by atoms with Crippen LogP contribution in [0.4, 0.5) is 32.6 Å². The monoisotopic (exact) mass is 1080 g/mol. The lowest BCUT2D eigenvalue weighted by molar-refractivity contribution is -0.00855. The second-order valence-corrected chi connectivity index (χ2v) is 22.7. The van der Waals surface area contributed by atoms with Gasteiger partial charge in [0, 0.05) is 103 Å². The van der Waals surface area contributed by atoms with Crippen LogP contribution < -0.4 is 30.7 Å². The minimum Gasteiger partial charge on any atom is -0.476 e. The van der Waals surface area contributed by atoms with Crippen LogP contribution in [0.3, 0.4) is 0 Å². The first kappa shape index (κ1) is 51.2. The highest BCUT2D eigenvalue weighted by molar-refractivity contribution is 7.23. The fourth-order valence-electron chi connectivity index (χ4n) is 9.31. The molecule has 0 bridgehead atoms. The number of anilines is 4. The van der Waals surface area contributed by atoms with Crippen molar-refractivity contribution in [1.82, 2.24) is 53.8 Å². The highest BCUT2D eigenvalue weighted by atomic mass is 32.1. The zero-order valence-corrected chi connectivity index (χ0v) is 45.6. The SMILES string of the molecule is CC1CN(CCOc2ccc3c(n2)sc2nc(-c4ccc(NC(=O)Nc5cc(C(C)(C)C)on5)cc4)cn23)CCN1C(C)(C)c1cc(NC(=O)Nc2ccc(-c3cn4c(n3)sc3nc(OCCN(C)C)ccc34)cc2)no1. The molecule has 11 rings (SSSR count). The molecule has 23 heteroatoms. The van der Waals surface area contributed by atoms with Gasteiger partial charge in [-0.15, -0.1) is 0 Å². The Morgan fingerprint density at radius 2 is 1.17 bits per heavy atom. The normalized spacial score (nSPS) is 14.8. The smallest absolute Gasteiger partial charge is 0.324 e. The molecule has 1 aliphatic heterocycles. The number of carbonyl (C=O) groups excluding carboxylic acids is 2. The van der Waals surface area contributed by atoms with Gasteiger partial charge < -0.3 is 34.1 Å². The van der Waals surface area contributed by atoms with Crippen LogP contribution in [-0.2, 0) is 11.0 Å². The predicted octanol–water partition coefficient (Wildman–Crippen LogP) is 10.4. The van der Waals surface area contributed by atoms with Crippen molar-refractivity contribution in [2.24, 2.45) is 0 Å². The minimum absolute atomic E-state index is 0.198. The first-order valence-electron chi connectivity index (χ1n) is 25.3. The van der Waals surface area contributed by atoms with Crippen LogP contribution >= 0.6 is 22.7 Å². The third-order valence-electron chi connectivity index (χ3n) is 13.5. The number of fused-ring (bicyclic) bond motifs is 6. The fourth-order valence-corrected chi connectivity index (χ4v) is 11.3. The highest BCUT2D eigenvalue weighted by Gasteiger charge is 2.39. The van der Waals surface area contributed by atoms with Gasteiger partial charge in [-0.3, -0.25) is 29.2 Å². The lowest BCUT2D eigenvalue weighted by Gasteiger charge is -2.47. The average Bonchev–Trinajstić information content (AvgIpc) is 4.36. The number of benzene rings is 2. The number of imidazole rings is 2. The number of nitrogens with one attached hydrogen (secondary N) is 4. The standard InChI is InChI=1S/C54H59N15O6S2/c1-32-29-66(24-26-73-46-20-18-40-48(62-46)77-52-58-38(31-68(40)52)33-9-13-35(14-10-33)55-49(70)59-43-27-41(74-63-43)53(2,3)4)21-22-69(32)54(5,6)42-28-44(64-75-42)60-50(71)56-36-15-11-34(12-16-36)37-30-67-39-17-19-45(72-25-23-65(7)8)61-47(39)76-51(67)57-37/h9-20,27-28,30-32H,21-26,29H2,1-8H3,(H2,55,59,63,70)(H2,56,60,64,71). The summed E-state index contributed by atoms with van der Waals surface area (Å²) < 4.78 is 27.3. The number of carbonyl (C=O) groups is 2. The molecule has 1 unspecified atom stereocenters. The molecule has 9 heterocycles. The number of urea groups is 2. The maximum absolute atomic E-state index is 13.1. The van der Waals surface area contributed by atoms with Gasteiger partial charge in [0.1, 0.15) is 28.6 Å². The van der Waals surface area contributed by atoms with E-state index in [1.807, 2.05) is 129 Å². The van der Waals surface area contributed by atoms with E-state index in [4.69, 9.17) is 33.5 Å². The van der Waals surface area contributed by atoms with E-state index in [2.05, 4.69) is 72.0 Å². The molecule has 8 aromatic heterocycles. The van der Waals surface area contributed by atoms with Crippen molar-refractivity contribution in [2.75, 3.05) is 81.3 Å². The van der Waals surface area contributed by atoms with E-state index in [1.54, 1.807) is 12.1 Å². The van der Waals surface area contributed by atoms with E-state index < -0.39 is 17.6 Å². The molecular weight excluding hydrogens is 1020 g/mol. The van der Waals surface area contributed by atoms with Crippen LogP contribution in [0.15, 0.2) is 106 Å². The Morgan fingerprint density at radius 1 is 0.662 bits per heavy atom. The van der Waals surface area contributed by atoms with Crippen LogP contribution in [-0.4, -0.2) is 132 Å². The summed E-state index contributed by atoms with van der Waals surface area (Å²) in [5.41, 5.74) is 5.90. The van der Waals surface area contributed by atoms with Crippen molar-refractivity contribution in [1.29, 1.82) is 0 Å². The Morgan fingerprint density at radius 3 is 1.66 bits per heavy atom. The highest BCUT2D eigenvalue weighted by Crippen LogP contribution is 2.35. The maximum atomic E-state index is 13.1. The van der Waals surface area contributed by atoms with Gasteiger partial charge in [-0.05, 0) is 71.3 Å². The molecular formula is C54H59N15O6S2. The summed E-state index contributed by atoms with van der Waals surface area (Å²) in [7, 11) is 4.02. The van der Waals surface area contributed by atoms with Crippen molar-refractivity contribution in [3.63, 3.8) is 0 Å². The van der Waals surface area contributed by atoms with Crippen LogP contribution in [0.5, 0.6) is 11.8 Å². The second-order valence-electron chi connectivity index (χ2n) is 20.8. The Balaban J connectivity index is 0.626. The molecule has 1 aliphatic rings. The third-order valence-corrected chi connectivity index (χ3v) is 15.4. The zero-order chi connectivity index (χ0) is 53.6. The van der Waals surface area contributed by atoms with Crippen molar-refractivity contribution < 1.29 is 28.1 Å². The third kappa shape index (κ3) is 11.2. The Hall–Kier alpha value is -7.96. The quantitative estimate of drug-likeness (QED) is 0.0707. The van der Waals surface area contributed by atoms with E-state index in [9.17, 15) is 9.59 Å². The number of rotatable bonds is 16. The summed E-state index contributed by atoms with van der Waals surface area (Å²) in [5.74, 6) is 3.18. The number of piperazine rings is 1. The Kier molecular flexibility index (Phi) is 13.9. The average molecular weight is 1080 g/mol. The molecule has 21 nitrogen and oxygen atoms in total.